The van der Waals surface area contributed by atoms with Crippen LogP contribution in [0.25, 0.3) is 0 Å². The van der Waals surface area contributed by atoms with E-state index < -0.39 is 0 Å². The second kappa shape index (κ2) is 7.53. The van der Waals surface area contributed by atoms with Crippen LogP contribution in [0.3, 0.4) is 0 Å². The van der Waals surface area contributed by atoms with E-state index >= 15 is 0 Å². The summed E-state index contributed by atoms with van der Waals surface area (Å²) in [7, 11) is 0. The fourth-order valence-corrected chi connectivity index (χ4v) is 3.56. The van der Waals surface area contributed by atoms with Crippen LogP contribution in [0.5, 0.6) is 0 Å². The third-order valence-electron chi connectivity index (χ3n) is 5.04. The Hall–Kier alpha value is -1.93. The van der Waals surface area contributed by atoms with E-state index in [1.807, 2.05) is 17.2 Å². The van der Waals surface area contributed by atoms with Gasteiger partial charge in [-0.05, 0) is 18.9 Å². The van der Waals surface area contributed by atoms with E-state index in [0.717, 1.165) is 77.1 Å². The zero-order chi connectivity index (χ0) is 17.1. The van der Waals surface area contributed by atoms with Crippen LogP contribution in [-0.2, 0) is 14.3 Å². The summed E-state index contributed by atoms with van der Waals surface area (Å²) < 4.78 is 10.9. The number of piperazine rings is 1. The average Bonchev–Trinajstić information content (AvgIpc) is 3.23. The number of carbonyl (C=O) groups is 1. The maximum Gasteiger partial charge on any atom is 0.251 e. The van der Waals surface area contributed by atoms with Crippen molar-refractivity contribution in [3.05, 3.63) is 12.3 Å². The third-order valence-corrected chi connectivity index (χ3v) is 5.04. The van der Waals surface area contributed by atoms with Gasteiger partial charge in [0.2, 0.25) is 5.95 Å². The van der Waals surface area contributed by atoms with Gasteiger partial charge in [-0.15, -0.1) is 0 Å². The highest BCUT2D eigenvalue weighted by atomic mass is 16.5. The minimum Gasteiger partial charge on any atom is -0.378 e. The van der Waals surface area contributed by atoms with Crippen molar-refractivity contribution in [2.45, 2.75) is 18.9 Å². The first-order chi connectivity index (χ1) is 12.3. The topological polar surface area (TPSA) is 71.0 Å². The Morgan fingerprint density at radius 3 is 2.56 bits per heavy atom. The average molecular weight is 347 g/mol. The first kappa shape index (κ1) is 16.5. The molecule has 25 heavy (non-hydrogen) atoms. The highest BCUT2D eigenvalue weighted by Gasteiger charge is 2.30. The molecule has 3 saturated heterocycles. The number of hydrogen-bond donors (Lipinski definition) is 0. The lowest BCUT2D eigenvalue weighted by Gasteiger charge is -2.36. The highest BCUT2D eigenvalue weighted by molar-refractivity contribution is 5.81. The maximum absolute atomic E-state index is 12.4. The lowest BCUT2D eigenvalue weighted by Crippen LogP contribution is -2.51. The molecule has 3 aliphatic rings. The molecule has 0 spiro atoms. The summed E-state index contributed by atoms with van der Waals surface area (Å²) in [6.45, 7) is 6.82. The molecule has 0 aromatic carbocycles. The summed E-state index contributed by atoms with van der Waals surface area (Å²) in [4.78, 5) is 27.9. The molecule has 1 amide bonds. The van der Waals surface area contributed by atoms with Gasteiger partial charge >= 0.3 is 0 Å². The minimum atomic E-state index is -0.224. The Labute approximate surface area is 147 Å². The molecule has 1 atom stereocenters. The van der Waals surface area contributed by atoms with Crippen molar-refractivity contribution >= 4 is 17.7 Å². The van der Waals surface area contributed by atoms with Crippen LogP contribution in [-0.4, -0.2) is 86.0 Å². The van der Waals surface area contributed by atoms with Gasteiger partial charge in [0.1, 0.15) is 11.9 Å². The van der Waals surface area contributed by atoms with Crippen LogP contribution >= 0.6 is 0 Å². The fraction of sp³-hybridized carbons (Fsp3) is 0.706. The van der Waals surface area contributed by atoms with Crippen LogP contribution < -0.4 is 9.80 Å². The monoisotopic (exact) mass is 347 g/mol. The molecular formula is C17H25N5O3. The van der Waals surface area contributed by atoms with Crippen molar-refractivity contribution in [3.63, 3.8) is 0 Å². The molecule has 0 unspecified atom stereocenters. The van der Waals surface area contributed by atoms with E-state index in [4.69, 9.17) is 14.5 Å². The number of morpholine rings is 1. The summed E-state index contributed by atoms with van der Waals surface area (Å²) in [6, 6.07) is 1.95. The number of nitrogens with zero attached hydrogens (tertiary/aromatic N) is 5. The molecule has 8 nitrogen and oxygen atoms in total. The lowest BCUT2D eigenvalue weighted by atomic mass is 10.2. The predicted molar refractivity (Wildman–Crippen MR) is 92.8 cm³/mol. The second-order valence-corrected chi connectivity index (χ2v) is 6.63. The van der Waals surface area contributed by atoms with Crippen LogP contribution in [0.2, 0.25) is 0 Å². The van der Waals surface area contributed by atoms with E-state index in [1.165, 1.54) is 0 Å². The fourth-order valence-electron chi connectivity index (χ4n) is 3.56. The van der Waals surface area contributed by atoms with E-state index in [1.54, 1.807) is 0 Å². The molecule has 8 heteroatoms. The molecule has 0 aliphatic carbocycles. The molecule has 0 bridgehead atoms. The molecule has 0 N–H and O–H groups in total. The van der Waals surface area contributed by atoms with Crippen LogP contribution in [0, 0.1) is 0 Å². The zero-order valence-electron chi connectivity index (χ0n) is 14.5. The van der Waals surface area contributed by atoms with E-state index in [9.17, 15) is 4.79 Å². The first-order valence-corrected chi connectivity index (χ1v) is 9.12. The molecule has 3 aliphatic heterocycles. The number of hydrogen-bond acceptors (Lipinski definition) is 7. The quantitative estimate of drug-likeness (QED) is 0.770. The van der Waals surface area contributed by atoms with E-state index in [-0.39, 0.29) is 12.0 Å². The summed E-state index contributed by atoms with van der Waals surface area (Å²) in [5.41, 5.74) is 0. The van der Waals surface area contributed by atoms with Gasteiger partial charge in [-0.3, -0.25) is 4.79 Å². The number of carbonyl (C=O) groups excluding carboxylic acids is 1. The number of anilines is 2. The molecule has 4 heterocycles. The van der Waals surface area contributed by atoms with Gasteiger partial charge in [0.15, 0.2) is 0 Å². The molecule has 0 radical (unpaired) electrons. The molecule has 0 saturated carbocycles. The molecule has 136 valence electrons. The first-order valence-electron chi connectivity index (χ1n) is 9.12. The van der Waals surface area contributed by atoms with Crippen molar-refractivity contribution in [1.82, 2.24) is 14.9 Å². The van der Waals surface area contributed by atoms with E-state index in [2.05, 4.69) is 14.8 Å². The summed E-state index contributed by atoms with van der Waals surface area (Å²) in [6.07, 6.45) is 3.44. The van der Waals surface area contributed by atoms with Crippen LogP contribution in [0.4, 0.5) is 11.8 Å². The highest BCUT2D eigenvalue weighted by Crippen LogP contribution is 2.20. The molecule has 1 aromatic heterocycles. The van der Waals surface area contributed by atoms with Crippen LogP contribution in [0.15, 0.2) is 12.3 Å². The van der Waals surface area contributed by atoms with Gasteiger partial charge in [-0.1, -0.05) is 0 Å². The van der Waals surface area contributed by atoms with Gasteiger partial charge in [-0.25, -0.2) is 4.98 Å². The number of rotatable bonds is 3. The summed E-state index contributed by atoms with van der Waals surface area (Å²) >= 11 is 0. The molecule has 1 aromatic rings. The largest absolute Gasteiger partial charge is 0.378 e. The van der Waals surface area contributed by atoms with Crippen molar-refractivity contribution in [2.24, 2.45) is 0 Å². The molecular weight excluding hydrogens is 322 g/mol. The van der Waals surface area contributed by atoms with Gasteiger partial charge in [0.05, 0.1) is 13.2 Å². The zero-order valence-corrected chi connectivity index (χ0v) is 14.5. The maximum atomic E-state index is 12.4. The normalized spacial score (nSPS) is 24.6. The number of ether oxygens (including phenoxy) is 2. The van der Waals surface area contributed by atoms with Gasteiger partial charge < -0.3 is 24.2 Å². The van der Waals surface area contributed by atoms with Crippen molar-refractivity contribution in [1.29, 1.82) is 0 Å². The standard InChI is InChI=1S/C17H25N5O3/c23-16(14-2-1-11-25-14)21-7-5-20(6-8-21)15-3-4-18-17(19-15)22-9-12-24-13-10-22/h3-4,14H,1-2,5-13H2/t14-/m0/s1. The molecule has 3 fully saturated rings. The number of amides is 1. The van der Waals surface area contributed by atoms with Crippen molar-refractivity contribution < 1.29 is 14.3 Å². The Kier molecular flexibility index (Phi) is 4.98. The van der Waals surface area contributed by atoms with Crippen molar-refractivity contribution in [3.8, 4) is 0 Å². The third kappa shape index (κ3) is 3.69. The van der Waals surface area contributed by atoms with Gasteiger partial charge in [0.25, 0.3) is 5.91 Å². The second-order valence-electron chi connectivity index (χ2n) is 6.63. The SMILES string of the molecule is O=C([C@@H]1CCCO1)N1CCN(c2ccnc(N3CCOCC3)n2)CC1. The van der Waals surface area contributed by atoms with Gasteiger partial charge in [0, 0.05) is 52.1 Å². The smallest absolute Gasteiger partial charge is 0.251 e. The van der Waals surface area contributed by atoms with Gasteiger partial charge in [-0.2, -0.15) is 4.98 Å². The Morgan fingerprint density at radius 2 is 1.84 bits per heavy atom. The summed E-state index contributed by atoms with van der Waals surface area (Å²) in [5, 5.41) is 0. The van der Waals surface area contributed by atoms with Crippen molar-refractivity contribution in [2.75, 3.05) is 68.9 Å². The lowest BCUT2D eigenvalue weighted by molar-refractivity contribution is -0.141. The van der Waals surface area contributed by atoms with Crippen LogP contribution in [0.1, 0.15) is 12.8 Å². The number of aromatic nitrogens is 2. The molecule has 4 rings (SSSR count). The Bertz CT molecular complexity index is 594. The van der Waals surface area contributed by atoms with E-state index in [0.29, 0.717) is 6.61 Å². The minimum absolute atomic E-state index is 0.147. The Balaban J connectivity index is 1.36. The predicted octanol–water partition coefficient (Wildman–Crippen LogP) is 0.141. The summed E-state index contributed by atoms with van der Waals surface area (Å²) in [5.74, 6) is 1.84. The Morgan fingerprint density at radius 1 is 1.04 bits per heavy atom.